The summed E-state index contributed by atoms with van der Waals surface area (Å²) in [6, 6.07) is 10.3. The van der Waals surface area contributed by atoms with Crippen molar-refractivity contribution in [1.82, 2.24) is 9.62 Å². The molecule has 0 aliphatic carbocycles. The molecule has 1 aromatic carbocycles. The maximum Gasteiger partial charge on any atom is 0.240 e. The first-order valence-electron chi connectivity index (χ1n) is 9.43. The smallest absolute Gasteiger partial charge is 0.240 e. The summed E-state index contributed by atoms with van der Waals surface area (Å²) in [5.41, 5.74) is 0. The number of piperidine rings is 1. The highest BCUT2D eigenvalue weighted by Gasteiger charge is 2.23. The Morgan fingerprint density at radius 3 is 2.61 bits per heavy atom. The molecule has 0 spiro atoms. The van der Waals surface area contributed by atoms with Crippen molar-refractivity contribution in [3.05, 3.63) is 47.9 Å². The number of benzene rings is 1. The third kappa shape index (κ3) is 5.57. The number of nitrogens with zero attached hydrogens (tertiary/aromatic N) is 1. The van der Waals surface area contributed by atoms with E-state index < -0.39 is 10.0 Å². The van der Waals surface area contributed by atoms with Gasteiger partial charge in [-0.2, -0.15) is 0 Å². The molecule has 0 amide bonds. The van der Waals surface area contributed by atoms with E-state index in [2.05, 4.69) is 9.62 Å². The summed E-state index contributed by atoms with van der Waals surface area (Å²) < 4.78 is 43.7. The number of likely N-dealkylation sites (tertiary alicyclic amines) is 1. The van der Waals surface area contributed by atoms with E-state index in [4.69, 9.17) is 13.9 Å². The van der Waals surface area contributed by atoms with Crippen LogP contribution in [-0.2, 0) is 27.9 Å². The van der Waals surface area contributed by atoms with Crippen LogP contribution in [0.4, 0.5) is 0 Å². The van der Waals surface area contributed by atoms with Gasteiger partial charge < -0.3 is 13.9 Å². The Morgan fingerprint density at radius 1 is 1.14 bits per heavy atom. The number of nitrogens with one attached hydrogen (secondary N) is 1. The zero-order valence-corrected chi connectivity index (χ0v) is 17.2. The largest absolute Gasteiger partial charge is 0.497 e. The lowest BCUT2D eigenvalue weighted by Crippen LogP contribution is -2.40. The van der Waals surface area contributed by atoms with Crippen LogP contribution < -0.4 is 9.46 Å². The van der Waals surface area contributed by atoms with Gasteiger partial charge in [0.1, 0.15) is 23.9 Å². The summed E-state index contributed by atoms with van der Waals surface area (Å²) >= 11 is 0. The fraction of sp³-hybridized carbons (Fsp3) is 0.500. The van der Waals surface area contributed by atoms with Crippen molar-refractivity contribution in [3.8, 4) is 5.75 Å². The second-order valence-electron chi connectivity index (χ2n) is 7.07. The average Bonchev–Trinajstić information content (AvgIpc) is 3.14. The van der Waals surface area contributed by atoms with Gasteiger partial charge in [-0.05, 0) is 61.7 Å². The number of sulfonamides is 1. The quantitative estimate of drug-likeness (QED) is 0.687. The topological polar surface area (TPSA) is 81.0 Å². The average molecular weight is 409 g/mol. The van der Waals surface area contributed by atoms with E-state index in [-0.39, 0.29) is 10.8 Å². The number of methoxy groups -OCH3 is 2. The Labute approximate surface area is 166 Å². The minimum atomic E-state index is -3.52. The van der Waals surface area contributed by atoms with Crippen LogP contribution in [0.15, 0.2) is 45.7 Å². The second kappa shape index (κ2) is 9.56. The van der Waals surface area contributed by atoms with Gasteiger partial charge in [-0.1, -0.05) is 0 Å². The molecule has 1 fully saturated rings. The molecule has 2 aromatic rings. The summed E-state index contributed by atoms with van der Waals surface area (Å²) in [4.78, 5) is 2.56. The Balaban J connectivity index is 1.52. The van der Waals surface area contributed by atoms with Gasteiger partial charge in [0, 0.05) is 20.2 Å². The van der Waals surface area contributed by atoms with E-state index >= 15 is 0 Å². The third-order valence-electron chi connectivity index (χ3n) is 4.92. The molecule has 1 aliphatic heterocycles. The second-order valence-corrected chi connectivity index (χ2v) is 8.84. The minimum Gasteiger partial charge on any atom is -0.497 e. The fourth-order valence-corrected chi connectivity index (χ4v) is 4.59. The molecule has 1 aliphatic rings. The molecule has 1 atom stereocenters. The lowest BCUT2D eigenvalue weighted by molar-refractivity contribution is 0.144. The van der Waals surface area contributed by atoms with Gasteiger partial charge in [0.15, 0.2) is 0 Å². The molecule has 2 heterocycles. The maximum atomic E-state index is 12.5. The number of rotatable bonds is 9. The van der Waals surface area contributed by atoms with E-state index in [9.17, 15) is 8.42 Å². The highest BCUT2D eigenvalue weighted by molar-refractivity contribution is 7.89. The molecule has 1 saturated heterocycles. The number of ether oxygens (including phenoxy) is 2. The molecule has 0 unspecified atom stereocenters. The van der Waals surface area contributed by atoms with E-state index in [0.29, 0.717) is 18.9 Å². The van der Waals surface area contributed by atoms with Gasteiger partial charge in [-0.15, -0.1) is 0 Å². The van der Waals surface area contributed by atoms with Crippen molar-refractivity contribution < 1.29 is 22.3 Å². The Hall–Kier alpha value is -1.87. The van der Waals surface area contributed by atoms with Crippen molar-refractivity contribution in [3.63, 3.8) is 0 Å². The first kappa shape index (κ1) is 20.9. The highest BCUT2D eigenvalue weighted by Crippen LogP contribution is 2.21. The molecule has 0 bridgehead atoms. The van der Waals surface area contributed by atoms with Gasteiger partial charge in [-0.25, -0.2) is 13.1 Å². The number of hydrogen-bond donors (Lipinski definition) is 1. The van der Waals surface area contributed by atoms with E-state index in [0.717, 1.165) is 44.0 Å². The predicted molar refractivity (Wildman–Crippen MR) is 106 cm³/mol. The minimum absolute atomic E-state index is 0.252. The Kier molecular flexibility index (Phi) is 7.12. The summed E-state index contributed by atoms with van der Waals surface area (Å²) in [5, 5.41) is 0. The van der Waals surface area contributed by atoms with Crippen LogP contribution in [0.25, 0.3) is 0 Å². The summed E-state index contributed by atoms with van der Waals surface area (Å²) in [7, 11) is -0.324. The van der Waals surface area contributed by atoms with Crippen molar-refractivity contribution in [2.75, 3.05) is 33.9 Å². The molecule has 28 heavy (non-hydrogen) atoms. The van der Waals surface area contributed by atoms with Crippen LogP contribution in [0.3, 0.4) is 0 Å². The highest BCUT2D eigenvalue weighted by atomic mass is 32.2. The lowest BCUT2D eigenvalue weighted by Gasteiger charge is -2.32. The van der Waals surface area contributed by atoms with Crippen molar-refractivity contribution in [1.29, 1.82) is 0 Å². The molecule has 1 aromatic heterocycles. The van der Waals surface area contributed by atoms with Gasteiger partial charge in [-0.3, -0.25) is 4.90 Å². The van der Waals surface area contributed by atoms with Crippen molar-refractivity contribution in [2.24, 2.45) is 5.92 Å². The van der Waals surface area contributed by atoms with Crippen LogP contribution in [0.2, 0.25) is 0 Å². The number of hydrogen-bond acceptors (Lipinski definition) is 6. The normalized spacial score (nSPS) is 18.3. The monoisotopic (exact) mass is 408 g/mol. The van der Waals surface area contributed by atoms with Crippen LogP contribution >= 0.6 is 0 Å². The summed E-state index contributed by atoms with van der Waals surface area (Å²) in [6.07, 6.45) is 2.05. The molecular formula is C20H28N2O5S. The van der Waals surface area contributed by atoms with Crippen LogP contribution in [-0.4, -0.2) is 47.2 Å². The van der Waals surface area contributed by atoms with E-state index in [1.165, 1.54) is 0 Å². The number of furan rings is 1. The fourth-order valence-electron chi connectivity index (χ4n) is 3.47. The van der Waals surface area contributed by atoms with Crippen LogP contribution in [0, 0.1) is 5.92 Å². The SMILES string of the molecule is COCc1ccc(CN2CCC[C@H](CNS(=O)(=O)c3ccc(OC)cc3)C2)o1. The van der Waals surface area contributed by atoms with Gasteiger partial charge >= 0.3 is 0 Å². The van der Waals surface area contributed by atoms with Gasteiger partial charge in [0.25, 0.3) is 0 Å². The molecule has 0 saturated carbocycles. The van der Waals surface area contributed by atoms with Crippen molar-refractivity contribution >= 4 is 10.0 Å². The van der Waals surface area contributed by atoms with Crippen molar-refractivity contribution in [2.45, 2.75) is 30.9 Å². The molecule has 8 heteroatoms. The first-order valence-corrected chi connectivity index (χ1v) is 10.9. The lowest BCUT2D eigenvalue weighted by atomic mass is 9.98. The molecule has 0 radical (unpaired) electrons. The van der Waals surface area contributed by atoms with Gasteiger partial charge in [0.2, 0.25) is 10.0 Å². The molecule has 1 N–H and O–H groups in total. The molecular weight excluding hydrogens is 380 g/mol. The zero-order valence-electron chi connectivity index (χ0n) is 16.4. The molecule has 7 nitrogen and oxygen atoms in total. The van der Waals surface area contributed by atoms with Crippen LogP contribution in [0.1, 0.15) is 24.4 Å². The predicted octanol–water partition coefficient (Wildman–Crippen LogP) is 2.63. The first-order chi connectivity index (χ1) is 13.5. The van der Waals surface area contributed by atoms with E-state index in [1.54, 1.807) is 38.5 Å². The Bertz CT molecular complexity index is 848. The summed E-state index contributed by atoms with van der Waals surface area (Å²) in [6.45, 7) is 3.45. The zero-order chi connectivity index (χ0) is 20.0. The van der Waals surface area contributed by atoms with E-state index in [1.807, 2.05) is 12.1 Å². The third-order valence-corrected chi connectivity index (χ3v) is 6.36. The molecule has 154 valence electrons. The van der Waals surface area contributed by atoms with Crippen LogP contribution in [0.5, 0.6) is 5.75 Å². The molecule has 3 rings (SSSR count). The maximum absolute atomic E-state index is 12.5. The standard InChI is InChI=1S/C20H28N2O5S/c1-25-15-19-6-5-18(27-19)14-22-11-3-4-16(13-22)12-21-28(23,24)20-9-7-17(26-2)8-10-20/h5-10,16,21H,3-4,11-15H2,1-2H3/t16-/m1/s1. The summed E-state index contributed by atoms with van der Waals surface area (Å²) in [5.74, 6) is 2.63. The van der Waals surface area contributed by atoms with Gasteiger partial charge in [0.05, 0.1) is 18.6 Å². The Morgan fingerprint density at radius 2 is 1.89 bits per heavy atom.